The summed E-state index contributed by atoms with van der Waals surface area (Å²) in [7, 11) is 0. The minimum absolute atomic E-state index is 0.168. The van der Waals surface area contributed by atoms with E-state index in [2.05, 4.69) is 31.2 Å². The fourth-order valence-corrected chi connectivity index (χ4v) is 3.41. The molecule has 3 rings (SSSR count). The van der Waals surface area contributed by atoms with Crippen LogP contribution in [0.3, 0.4) is 0 Å². The molecule has 0 unspecified atom stereocenters. The Bertz CT molecular complexity index is 692. The molecule has 2 aromatic carbocycles. The van der Waals surface area contributed by atoms with Gasteiger partial charge in [0.25, 0.3) is 5.69 Å². The second-order valence-corrected chi connectivity index (χ2v) is 6.70. The third kappa shape index (κ3) is 4.19. The van der Waals surface area contributed by atoms with Crippen LogP contribution in [0.25, 0.3) is 0 Å². The topological polar surface area (TPSA) is 52.0 Å². The fraction of sp³-hybridized carbons (Fsp3) is 0.368. The van der Waals surface area contributed by atoms with Crippen molar-refractivity contribution in [3.05, 3.63) is 75.3 Å². The van der Waals surface area contributed by atoms with Gasteiger partial charge in [0.2, 0.25) is 0 Å². The van der Waals surface area contributed by atoms with Crippen molar-refractivity contribution in [2.45, 2.75) is 20.0 Å². The molecule has 0 aromatic heterocycles. The second-order valence-electron chi connectivity index (χ2n) is 6.70. The molecule has 1 aliphatic rings. The third-order valence-electron chi connectivity index (χ3n) is 4.97. The Morgan fingerprint density at radius 1 is 0.917 bits per heavy atom. The molecule has 5 nitrogen and oxygen atoms in total. The molecule has 0 spiro atoms. The highest BCUT2D eigenvalue weighted by atomic mass is 16.6. The molecule has 0 radical (unpaired) electrons. The molecule has 126 valence electrons. The van der Waals surface area contributed by atoms with Crippen molar-refractivity contribution in [1.82, 2.24) is 0 Å². The van der Waals surface area contributed by atoms with Gasteiger partial charge in [0.15, 0.2) is 0 Å². The molecule has 2 aromatic rings. The molecule has 0 aliphatic carbocycles. The molecule has 1 saturated heterocycles. The van der Waals surface area contributed by atoms with E-state index < -0.39 is 0 Å². The summed E-state index contributed by atoms with van der Waals surface area (Å²) < 4.78 is 0. The van der Waals surface area contributed by atoms with Crippen LogP contribution in [0.1, 0.15) is 16.7 Å². The van der Waals surface area contributed by atoms with Crippen LogP contribution < -0.4 is 9.80 Å². The Labute approximate surface area is 142 Å². The summed E-state index contributed by atoms with van der Waals surface area (Å²) in [5.41, 5.74) is 4.18. The SMILES string of the molecule is Cc1ccccc1C[NH+]1CC[NH+](Cc2ccc([N+](=O)[O-])cc2)CC1. The Morgan fingerprint density at radius 3 is 2.08 bits per heavy atom. The Balaban J connectivity index is 1.50. The third-order valence-corrected chi connectivity index (χ3v) is 4.97. The number of nitrogens with zero attached hydrogens (tertiary/aromatic N) is 1. The highest BCUT2D eigenvalue weighted by Gasteiger charge is 2.23. The molecule has 1 aliphatic heterocycles. The lowest BCUT2D eigenvalue weighted by Crippen LogP contribution is -3.27. The van der Waals surface area contributed by atoms with Crippen LogP contribution >= 0.6 is 0 Å². The van der Waals surface area contributed by atoms with Gasteiger partial charge in [-0.15, -0.1) is 0 Å². The molecule has 0 bridgehead atoms. The van der Waals surface area contributed by atoms with Gasteiger partial charge in [-0.1, -0.05) is 24.3 Å². The Morgan fingerprint density at radius 2 is 1.50 bits per heavy atom. The van der Waals surface area contributed by atoms with E-state index in [4.69, 9.17) is 0 Å². The number of piperazine rings is 1. The number of quaternary nitrogens is 2. The van der Waals surface area contributed by atoms with Gasteiger partial charge in [-0.2, -0.15) is 0 Å². The van der Waals surface area contributed by atoms with Crippen LogP contribution in [0, 0.1) is 17.0 Å². The van der Waals surface area contributed by atoms with Crippen LogP contribution in [0.15, 0.2) is 48.5 Å². The Hall–Kier alpha value is -2.24. The van der Waals surface area contributed by atoms with Crippen molar-refractivity contribution in [2.24, 2.45) is 0 Å². The number of hydrogen-bond donors (Lipinski definition) is 2. The lowest BCUT2D eigenvalue weighted by Gasteiger charge is -2.30. The lowest BCUT2D eigenvalue weighted by atomic mass is 10.1. The van der Waals surface area contributed by atoms with Gasteiger partial charge in [-0.3, -0.25) is 10.1 Å². The van der Waals surface area contributed by atoms with E-state index in [0.717, 1.165) is 26.2 Å². The molecule has 0 atom stereocenters. The molecule has 0 saturated carbocycles. The van der Waals surface area contributed by atoms with Crippen LogP contribution in [0.5, 0.6) is 0 Å². The van der Waals surface area contributed by atoms with E-state index in [0.29, 0.717) is 0 Å². The minimum atomic E-state index is -0.343. The predicted octanol–water partition coefficient (Wildman–Crippen LogP) is 0.387. The zero-order valence-electron chi connectivity index (χ0n) is 14.1. The van der Waals surface area contributed by atoms with Crippen molar-refractivity contribution in [3.8, 4) is 0 Å². The number of hydrogen-bond acceptors (Lipinski definition) is 2. The molecule has 24 heavy (non-hydrogen) atoms. The zero-order valence-corrected chi connectivity index (χ0v) is 14.1. The normalized spacial score (nSPS) is 20.7. The maximum atomic E-state index is 10.7. The van der Waals surface area contributed by atoms with E-state index in [-0.39, 0.29) is 10.6 Å². The molecule has 1 heterocycles. The van der Waals surface area contributed by atoms with Gasteiger partial charge < -0.3 is 9.80 Å². The molecular weight excluding hydrogens is 302 g/mol. The first-order valence-electron chi connectivity index (χ1n) is 8.57. The van der Waals surface area contributed by atoms with Crippen molar-refractivity contribution in [3.63, 3.8) is 0 Å². The van der Waals surface area contributed by atoms with Crippen molar-refractivity contribution >= 4 is 5.69 Å². The van der Waals surface area contributed by atoms with Crippen LogP contribution in [0.4, 0.5) is 5.69 Å². The monoisotopic (exact) mass is 327 g/mol. The predicted molar refractivity (Wildman–Crippen MR) is 93.1 cm³/mol. The highest BCUT2D eigenvalue weighted by molar-refractivity contribution is 5.32. The first-order chi connectivity index (χ1) is 11.6. The van der Waals surface area contributed by atoms with E-state index in [1.54, 1.807) is 21.9 Å². The number of aryl methyl sites for hydroxylation is 1. The molecule has 1 fully saturated rings. The van der Waals surface area contributed by atoms with Crippen LogP contribution in [-0.4, -0.2) is 31.1 Å². The largest absolute Gasteiger partial charge is 0.322 e. The summed E-state index contributed by atoms with van der Waals surface area (Å²) in [5, 5.41) is 10.7. The summed E-state index contributed by atoms with van der Waals surface area (Å²) in [6, 6.07) is 15.6. The van der Waals surface area contributed by atoms with Gasteiger partial charge in [0, 0.05) is 23.3 Å². The standard InChI is InChI=1S/C19H23N3O2/c1-16-4-2-3-5-18(16)15-21-12-10-20(11-13-21)14-17-6-8-19(9-7-17)22(23)24/h2-9H,10-15H2,1H3/p+2. The fourth-order valence-electron chi connectivity index (χ4n) is 3.41. The first kappa shape index (κ1) is 16.6. The minimum Gasteiger partial charge on any atom is -0.322 e. The van der Waals surface area contributed by atoms with E-state index in [9.17, 15) is 10.1 Å². The average Bonchev–Trinajstić information content (AvgIpc) is 2.59. The van der Waals surface area contributed by atoms with E-state index in [1.165, 1.54) is 29.8 Å². The molecule has 2 N–H and O–H groups in total. The number of nitro groups is 1. The van der Waals surface area contributed by atoms with Gasteiger partial charge >= 0.3 is 0 Å². The first-order valence-corrected chi connectivity index (χ1v) is 8.57. The molecule has 5 heteroatoms. The molecule has 0 amide bonds. The average molecular weight is 327 g/mol. The van der Waals surface area contributed by atoms with E-state index >= 15 is 0 Å². The number of nitro benzene ring substituents is 1. The quantitative estimate of drug-likeness (QED) is 0.616. The van der Waals surface area contributed by atoms with Gasteiger partial charge in [0.05, 0.1) is 4.92 Å². The molecular formula is C19H25N3O2+2. The number of non-ortho nitro benzene ring substituents is 1. The van der Waals surface area contributed by atoms with E-state index in [1.807, 2.05) is 12.1 Å². The summed E-state index contributed by atoms with van der Waals surface area (Å²) in [4.78, 5) is 13.6. The maximum Gasteiger partial charge on any atom is 0.269 e. The van der Waals surface area contributed by atoms with Crippen molar-refractivity contribution in [2.75, 3.05) is 26.2 Å². The van der Waals surface area contributed by atoms with Gasteiger partial charge in [0.1, 0.15) is 39.3 Å². The summed E-state index contributed by atoms with van der Waals surface area (Å²) >= 11 is 0. The van der Waals surface area contributed by atoms with Gasteiger partial charge in [-0.05, 0) is 24.6 Å². The highest BCUT2D eigenvalue weighted by Crippen LogP contribution is 2.11. The summed E-state index contributed by atoms with van der Waals surface area (Å²) in [6.45, 7) is 8.90. The van der Waals surface area contributed by atoms with Crippen LogP contribution in [0.2, 0.25) is 0 Å². The number of rotatable bonds is 5. The maximum absolute atomic E-state index is 10.7. The smallest absolute Gasteiger partial charge is 0.269 e. The Kier molecular flexibility index (Phi) is 5.23. The lowest BCUT2D eigenvalue weighted by molar-refractivity contribution is -1.02. The van der Waals surface area contributed by atoms with Crippen molar-refractivity contribution < 1.29 is 14.7 Å². The van der Waals surface area contributed by atoms with Crippen LogP contribution in [-0.2, 0) is 13.1 Å². The summed E-state index contributed by atoms with van der Waals surface area (Å²) in [6.07, 6.45) is 0. The number of benzene rings is 2. The number of nitrogens with one attached hydrogen (secondary N) is 2. The van der Waals surface area contributed by atoms with Crippen molar-refractivity contribution in [1.29, 1.82) is 0 Å². The second kappa shape index (κ2) is 7.55. The zero-order chi connectivity index (χ0) is 16.9. The summed E-state index contributed by atoms with van der Waals surface area (Å²) in [5.74, 6) is 0. The van der Waals surface area contributed by atoms with Gasteiger partial charge in [-0.25, -0.2) is 0 Å².